The quantitative estimate of drug-likeness (QED) is 0.617. The number of aliphatic hydroxyl groups excluding tert-OH is 2. The Hall–Kier alpha value is -0.650. The van der Waals surface area contributed by atoms with Crippen molar-refractivity contribution in [2.75, 3.05) is 26.8 Å². The highest BCUT2D eigenvalue weighted by atomic mass is 16.5. The molecule has 0 aromatic carbocycles. The molecule has 1 aliphatic rings. The number of carbonyl (C=O) groups excluding carboxylic acids is 1. The maximum absolute atomic E-state index is 11.2. The molecule has 2 N–H and O–H groups in total. The third kappa shape index (κ3) is 4.08. The summed E-state index contributed by atoms with van der Waals surface area (Å²) in [5, 5.41) is 18.3. The van der Waals surface area contributed by atoms with E-state index in [1.807, 2.05) is 4.90 Å². The molecule has 16 heavy (non-hydrogen) atoms. The molecule has 0 amide bonds. The Morgan fingerprint density at radius 1 is 1.50 bits per heavy atom. The molecular formula is C11H21NO4. The molecule has 0 aromatic rings. The van der Waals surface area contributed by atoms with Crippen LogP contribution in [-0.4, -0.2) is 60.0 Å². The lowest BCUT2D eigenvalue weighted by Crippen LogP contribution is -2.43. The first-order valence-corrected chi connectivity index (χ1v) is 5.77. The first kappa shape index (κ1) is 13.4. The number of nitrogens with zero attached hydrogens (tertiary/aromatic N) is 1. The minimum absolute atomic E-state index is 0.193. The van der Waals surface area contributed by atoms with Gasteiger partial charge >= 0.3 is 5.97 Å². The SMILES string of the molecule is COC(=O)CN(CC(O)CO)C1CCCC1. The van der Waals surface area contributed by atoms with Gasteiger partial charge in [0.15, 0.2) is 0 Å². The summed E-state index contributed by atoms with van der Waals surface area (Å²) in [6, 6.07) is 0.334. The Morgan fingerprint density at radius 2 is 2.12 bits per heavy atom. The van der Waals surface area contributed by atoms with Gasteiger partial charge in [-0.3, -0.25) is 9.69 Å². The number of hydrogen-bond donors (Lipinski definition) is 2. The maximum atomic E-state index is 11.2. The van der Waals surface area contributed by atoms with Crippen LogP contribution in [0.1, 0.15) is 25.7 Å². The van der Waals surface area contributed by atoms with Gasteiger partial charge in [-0.25, -0.2) is 0 Å². The van der Waals surface area contributed by atoms with Crippen molar-refractivity contribution in [2.45, 2.75) is 37.8 Å². The molecule has 0 aliphatic heterocycles. The molecule has 1 saturated carbocycles. The average Bonchev–Trinajstić information content (AvgIpc) is 2.81. The van der Waals surface area contributed by atoms with Crippen molar-refractivity contribution in [1.29, 1.82) is 0 Å². The van der Waals surface area contributed by atoms with Gasteiger partial charge in [0.05, 0.1) is 26.4 Å². The van der Waals surface area contributed by atoms with Gasteiger partial charge in [0.1, 0.15) is 0 Å². The number of rotatable bonds is 6. The summed E-state index contributed by atoms with van der Waals surface area (Å²) in [7, 11) is 1.36. The molecule has 0 radical (unpaired) electrons. The highest BCUT2D eigenvalue weighted by Crippen LogP contribution is 2.23. The third-order valence-electron chi connectivity index (χ3n) is 3.06. The summed E-state index contributed by atoms with van der Waals surface area (Å²) < 4.78 is 4.63. The predicted octanol–water partition coefficient (Wildman–Crippen LogP) is -0.243. The van der Waals surface area contributed by atoms with Crippen molar-refractivity contribution in [1.82, 2.24) is 4.90 Å². The Morgan fingerprint density at radius 3 is 2.62 bits per heavy atom. The lowest BCUT2D eigenvalue weighted by molar-refractivity contribution is -0.143. The Labute approximate surface area is 96.0 Å². The Kier molecular flexibility index (Phi) is 5.73. The molecule has 0 saturated heterocycles. The van der Waals surface area contributed by atoms with Crippen LogP contribution in [0, 0.1) is 0 Å². The van der Waals surface area contributed by atoms with Gasteiger partial charge in [-0.2, -0.15) is 0 Å². The van der Waals surface area contributed by atoms with E-state index in [9.17, 15) is 9.90 Å². The Balaban J connectivity index is 2.49. The molecule has 1 unspecified atom stereocenters. The largest absolute Gasteiger partial charge is 0.468 e. The third-order valence-corrected chi connectivity index (χ3v) is 3.06. The number of ether oxygens (including phenoxy) is 1. The highest BCUT2D eigenvalue weighted by molar-refractivity contribution is 5.71. The molecule has 0 heterocycles. The molecule has 1 aliphatic carbocycles. The number of carbonyl (C=O) groups is 1. The Bertz CT molecular complexity index is 216. The van der Waals surface area contributed by atoms with E-state index in [1.54, 1.807) is 0 Å². The molecule has 1 rings (SSSR count). The van der Waals surface area contributed by atoms with Gasteiger partial charge in [0.25, 0.3) is 0 Å². The van der Waals surface area contributed by atoms with Gasteiger partial charge in [0.2, 0.25) is 0 Å². The fraction of sp³-hybridized carbons (Fsp3) is 0.909. The van der Waals surface area contributed by atoms with Crippen LogP contribution >= 0.6 is 0 Å². The first-order chi connectivity index (χ1) is 7.67. The number of esters is 1. The fourth-order valence-corrected chi connectivity index (χ4v) is 2.17. The molecule has 1 atom stereocenters. The highest BCUT2D eigenvalue weighted by Gasteiger charge is 2.26. The van der Waals surface area contributed by atoms with Crippen LogP contribution in [0.2, 0.25) is 0 Å². The lowest BCUT2D eigenvalue weighted by atomic mass is 10.2. The molecule has 5 heteroatoms. The van der Waals surface area contributed by atoms with E-state index in [0.717, 1.165) is 25.7 Å². The van der Waals surface area contributed by atoms with Crippen molar-refractivity contribution in [3.8, 4) is 0 Å². The second-order valence-electron chi connectivity index (χ2n) is 4.28. The van der Waals surface area contributed by atoms with E-state index in [4.69, 9.17) is 5.11 Å². The van der Waals surface area contributed by atoms with E-state index in [1.165, 1.54) is 7.11 Å². The summed E-state index contributed by atoms with van der Waals surface area (Å²) in [6.07, 6.45) is 3.64. The van der Waals surface area contributed by atoms with Crippen molar-refractivity contribution >= 4 is 5.97 Å². The van der Waals surface area contributed by atoms with Crippen LogP contribution in [0.5, 0.6) is 0 Å². The summed E-state index contributed by atoms with van der Waals surface area (Å²) in [5.74, 6) is -0.294. The molecule has 1 fully saturated rings. The van der Waals surface area contributed by atoms with Crippen molar-refractivity contribution in [2.24, 2.45) is 0 Å². The minimum atomic E-state index is -0.787. The standard InChI is InChI=1S/C11H21NO4/c1-16-11(15)7-12(6-10(14)8-13)9-4-2-3-5-9/h9-10,13-14H,2-8H2,1H3. The average molecular weight is 231 g/mol. The van der Waals surface area contributed by atoms with Crippen LogP contribution in [-0.2, 0) is 9.53 Å². The second kappa shape index (κ2) is 6.83. The van der Waals surface area contributed by atoms with Crippen LogP contribution in [0.4, 0.5) is 0 Å². The van der Waals surface area contributed by atoms with E-state index in [2.05, 4.69) is 4.74 Å². The van der Waals surface area contributed by atoms with Crippen molar-refractivity contribution in [3.63, 3.8) is 0 Å². The first-order valence-electron chi connectivity index (χ1n) is 5.77. The zero-order valence-electron chi connectivity index (χ0n) is 9.76. The van der Waals surface area contributed by atoms with E-state index >= 15 is 0 Å². The van der Waals surface area contributed by atoms with E-state index < -0.39 is 6.10 Å². The molecular weight excluding hydrogens is 210 g/mol. The topological polar surface area (TPSA) is 70.0 Å². The lowest BCUT2D eigenvalue weighted by Gasteiger charge is -2.29. The number of hydrogen-bond acceptors (Lipinski definition) is 5. The van der Waals surface area contributed by atoms with Crippen LogP contribution < -0.4 is 0 Å². The van der Waals surface area contributed by atoms with Gasteiger partial charge in [-0.1, -0.05) is 12.8 Å². The van der Waals surface area contributed by atoms with Gasteiger partial charge < -0.3 is 14.9 Å². The molecule has 5 nitrogen and oxygen atoms in total. The summed E-state index contributed by atoms with van der Waals surface area (Å²) in [6.45, 7) is 0.249. The van der Waals surface area contributed by atoms with Gasteiger partial charge in [-0.15, -0.1) is 0 Å². The monoisotopic (exact) mass is 231 g/mol. The van der Waals surface area contributed by atoms with E-state index in [0.29, 0.717) is 12.6 Å². The van der Waals surface area contributed by atoms with Crippen LogP contribution in [0.25, 0.3) is 0 Å². The van der Waals surface area contributed by atoms with Crippen molar-refractivity contribution < 1.29 is 19.7 Å². The number of methoxy groups -OCH3 is 1. The predicted molar refractivity (Wildman–Crippen MR) is 58.9 cm³/mol. The maximum Gasteiger partial charge on any atom is 0.319 e. The van der Waals surface area contributed by atoms with Gasteiger partial charge in [0, 0.05) is 12.6 Å². The zero-order valence-corrected chi connectivity index (χ0v) is 9.76. The van der Waals surface area contributed by atoms with Crippen molar-refractivity contribution in [3.05, 3.63) is 0 Å². The van der Waals surface area contributed by atoms with Crippen LogP contribution in [0.3, 0.4) is 0 Å². The summed E-state index contributed by atoms with van der Waals surface area (Å²) in [4.78, 5) is 13.2. The molecule has 0 bridgehead atoms. The smallest absolute Gasteiger partial charge is 0.319 e. The zero-order chi connectivity index (χ0) is 12.0. The van der Waals surface area contributed by atoms with Crippen LogP contribution in [0.15, 0.2) is 0 Å². The molecule has 0 spiro atoms. The molecule has 0 aromatic heterocycles. The fourth-order valence-electron chi connectivity index (χ4n) is 2.17. The minimum Gasteiger partial charge on any atom is -0.468 e. The normalized spacial score (nSPS) is 19.0. The summed E-state index contributed by atoms with van der Waals surface area (Å²) in [5.41, 5.74) is 0. The summed E-state index contributed by atoms with van der Waals surface area (Å²) >= 11 is 0. The molecule has 94 valence electrons. The second-order valence-corrected chi connectivity index (χ2v) is 4.28. The van der Waals surface area contributed by atoms with E-state index in [-0.39, 0.29) is 19.1 Å². The number of aliphatic hydroxyl groups is 2. The van der Waals surface area contributed by atoms with Gasteiger partial charge in [-0.05, 0) is 12.8 Å².